The molecule has 4 aromatic rings. The molecule has 1 amide bonds. The van der Waals surface area contributed by atoms with Gasteiger partial charge in [-0.15, -0.1) is 0 Å². The Hall–Kier alpha value is -3.65. The number of hydrogen-bond acceptors (Lipinski definition) is 5. The summed E-state index contributed by atoms with van der Waals surface area (Å²) in [5.41, 5.74) is 4.46. The number of benzene rings is 2. The van der Waals surface area contributed by atoms with Gasteiger partial charge in [-0.1, -0.05) is 29.8 Å². The molecule has 0 radical (unpaired) electrons. The van der Waals surface area contributed by atoms with Crippen molar-refractivity contribution >= 4 is 28.1 Å². The van der Waals surface area contributed by atoms with E-state index in [1.807, 2.05) is 29.2 Å². The Bertz CT molecular complexity index is 1360. The first-order valence-corrected chi connectivity index (χ1v) is 11.2. The first kappa shape index (κ1) is 21.2. The van der Waals surface area contributed by atoms with E-state index in [0.717, 1.165) is 24.1 Å². The number of carbonyl (C=O) groups excluding carboxylic acids is 1. The Labute approximate surface area is 191 Å². The number of fused-ring (bicyclic) bond motifs is 3. The Morgan fingerprint density at radius 1 is 0.970 bits per heavy atom. The van der Waals surface area contributed by atoms with Gasteiger partial charge in [0.15, 0.2) is 5.69 Å². The van der Waals surface area contributed by atoms with Crippen LogP contribution in [0.2, 0.25) is 0 Å². The first-order chi connectivity index (χ1) is 16.1. The summed E-state index contributed by atoms with van der Waals surface area (Å²) >= 11 is 0. The van der Waals surface area contributed by atoms with E-state index in [-0.39, 0.29) is 11.5 Å². The van der Waals surface area contributed by atoms with E-state index in [9.17, 15) is 9.59 Å². The van der Waals surface area contributed by atoms with Gasteiger partial charge in [0.1, 0.15) is 5.52 Å². The number of piperazine rings is 1. The van der Waals surface area contributed by atoms with Crippen LogP contribution in [-0.2, 0) is 11.3 Å². The summed E-state index contributed by atoms with van der Waals surface area (Å²) in [6, 6.07) is 17.7. The maximum atomic E-state index is 13.3. The van der Waals surface area contributed by atoms with Crippen LogP contribution in [0.5, 0.6) is 0 Å². The number of ether oxygens (including phenoxy) is 1. The van der Waals surface area contributed by atoms with Crippen LogP contribution in [0, 0.1) is 6.92 Å². The summed E-state index contributed by atoms with van der Waals surface area (Å²) in [6.07, 6.45) is 0. The lowest BCUT2D eigenvalue weighted by Gasteiger charge is -2.35. The van der Waals surface area contributed by atoms with E-state index in [1.165, 1.54) is 11.3 Å². The van der Waals surface area contributed by atoms with Gasteiger partial charge in [-0.05, 0) is 31.2 Å². The maximum Gasteiger partial charge on any atom is 0.277 e. The molecule has 33 heavy (non-hydrogen) atoms. The van der Waals surface area contributed by atoms with Gasteiger partial charge in [-0.2, -0.15) is 5.10 Å². The van der Waals surface area contributed by atoms with Gasteiger partial charge in [0, 0.05) is 51.6 Å². The van der Waals surface area contributed by atoms with Gasteiger partial charge in [0.05, 0.1) is 17.6 Å². The minimum absolute atomic E-state index is 0.144. The van der Waals surface area contributed by atoms with E-state index in [4.69, 9.17) is 4.74 Å². The lowest BCUT2D eigenvalue weighted by Crippen LogP contribution is -2.48. The molecule has 1 saturated heterocycles. The summed E-state index contributed by atoms with van der Waals surface area (Å²) in [5.74, 6) is -0.144. The van der Waals surface area contributed by atoms with Crippen LogP contribution in [-0.4, -0.2) is 64.9 Å². The summed E-state index contributed by atoms with van der Waals surface area (Å²) < 4.78 is 8.46. The van der Waals surface area contributed by atoms with Crippen LogP contribution in [0.4, 0.5) is 5.69 Å². The van der Waals surface area contributed by atoms with Crippen LogP contribution in [0.1, 0.15) is 16.1 Å². The third-order valence-corrected chi connectivity index (χ3v) is 6.28. The Morgan fingerprint density at radius 2 is 1.67 bits per heavy atom. The number of nitrogens with zero attached hydrogens (tertiary/aromatic N) is 5. The number of hydrogen-bond donors (Lipinski definition) is 0. The van der Waals surface area contributed by atoms with Gasteiger partial charge in [-0.3, -0.25) is 9.59 Å². The fourth-order valence-corrected chi connectivity index (χ4v) is 4.43. The molecule has 0 bridgehead atoms. The predicted molar refractivity (Wildman–Crippen MR) is 128 cm³/mol. The normalized spacial score (nSPS) is 14.4. The molecule has 0 N–H and O–H groups in total. The average molecular weight is 446 g/mol. The van der Waals surface area contributed by atoms with Crippen molar-refractivity contribution in [2.45, 2.75) is 13.5 Å². The van der Waals surface area contributed by atoms with Crippen molar-refractivity contribution in [3.8, 4) is 0 Å². The molecule has 2 aromatic carbocycles. The molecular weight excluding hydrogens is 418 g/mol. The second-order valence-corrected chi connectivity index (χ2v) is 8.38. The molecule has 3 heterocycles. The molecule has 2 aromatic heterocycles. The molecule has 1 fully saturated rings. The molecule has 170 valence electrons. The highest BCUT2D eigenvalue weighted by atomic mass is 16.5. The topological polar surface area (TPSA) is 72.1 Å². The summed E-state index contributed by atoms with van der Waals surface area (Å²) in [6.45, 7) is 5.67. The summed E-state index contributed by atoms with van der Waals surface area (Å²) in [4.78, 5) is 30.6. The Kier molecular flexibility index (Phi) is 5.60. The number of amides is 1. The lowest BCUT2D eigenvalue weighted by molar-refractivity contribution is 0.0740. The van der Waals surface area contributed by atoms with Crippen LogP contribution < -0.4 is 10.5 Å². The number of para-hydroxylation sites is 2. The van der Waals surface area contributed by atoms with E-state index < -0.39 is 0 Å². The average Bonchev–Trinajstić information content (AvgIpc) is 3.30. The molecule has 1 aliphatic rings. The number of rotatable bonds is 5. The molecule has 8 nitrogen and oxygen atoms in total. The maximum absolute atomic E-state index is 13.3. The van der Waals surface area contributed by atoms with Crippen molar-refractivity contribution in [1.29, 1.82) is 0 Å². The minimum Gasteiger partial charge on any atom is -0.383 e. The van der Waals surface area contributed by atoms with Crippen molar-refractivity contribution in [3.05, 3.63) is 76.2 Å². The highest BCUT2D eigenvalue weighted by molar-refractivity contribution is 5.94. The zero-order valence-corrected chi connectivity index (χ0v) is 18.9. The fraction of sp³-hybridized carbons (Fsp3) is 0.320. The second-order valence-electron chi connectivity index (χ2n) is 8.38. The molecule has 1 aliphatic heterocycles. The van der Waals surface area contributed by atoms with Crippen molar-refractivity contribution in [2.75, 3.05) is 44.8 Å². The Morgan fingerprint density at radius 3 is 2.36 bits per heavy atom. The third-order valence-electron chi connectivity index (χ3n) is 6.28. The standard InChI is InChI=1S/C25H27N5O3/c1-18-7-9-19(10-8-18)27-11-13-28(14-12-27)24(31)20-17-23-25(32)29(15-16-33-2)21-5-3-4-6-22(21)30(23)26-20/h3-10,17H,11-16H2,1-2H3. The molecule has 8 heteroatoms. The molecular formula is C25H27N5O3. The molecule has 0 unspecified atom stereocenters. The van der Waals surface area contributed by atoms with Crippen LogP contribution in [0.25, 0.3) is 16.6 Å². The predicted octanol–water partition coefficient (Wildman–Crippen LogP) is 2.57. The van der Waals surface area contributed by atoms with E-state index in [2.05, 4.69) is 41.2 Å². The zero-order valence-electron chi connectivity index (χ0n) is 18.9. The largest absolute Gasteiger partial charge is 0.383 e. The highest BCUT2D eigenvalue weighted by Gasteiger charge is 2.25. The number of carbonyl (C=O) groups is 1. The van der Waals surface area contributed by atoms with Crippen LogP contribution in [0.3, 0.4) is 0 Å². The minimum atomic E-state index is -0.179. The van der Waals surface area contributed by atoms with Crippen molar-refractivity contribution in [1.82, 2.24) is 19.1 Å². The van der Waals surface area contributed by atoms with Crippen LogP contribution >= 0.6 is 0 Å². The highest BCUT2D eigenvalue weighted by Crippen LogP contribution is 2.19. The van der Waals surface area contributed by atoms with Crippen molar-refractivity contribution in [2.24, 2.45) is 0 Å². The van der Waals surface area contributed by atoms with E-state index in [1.54, 1.807) is 22.3 Å². The number of aromatic nitrogens is 3. The lowest BCUT2D eigenvalue weighted by atomic mass is 10.2. The number of anilines is 1. The number of methoxy groups -OCH3 is 1. The third kappa shape index (κ3) is 3.87. The fourth-order valence-electron chi connectivity index (χ4n) is 4.43. The molecule has 5 rings (SSSR count). The van der Waals surface area contributed by atoms with Gasteiger partial charge >= 0.3 is 0 Å². The van der Waals surface area contributed by atoms with Gasteiger partial charge in [0.25, 0.3) is 11.5 Å². The summed E-state index contributed by atoms with van der Waals surface area (Å²) in [7, 11) is 1.61. The summed E-state index contributed by atoms with van der Waals surface area (Å²) in [5, 5.41) is 4.55. The SMILES string of the molecule is COCCn1c(=O)c2cc(C(=O)N3CCN(c4ccc(C)cc4)CC3)nn2c2ccccc21. The molecule has 0 atom stereocenters. The van der Waals surface area contributed by atoms with Gasteiger partial charge < -0.3 is 19.1 Å². The van der Waals surface area contributed by atoms with Crippen molar-refractivity contribution in [3.63, 3.8) is 0 Å². The first-order valence-electron chi connectivity index (χ1n) is 11.2. The van der Waals surface area contributed by atoms with E-state index >= 15 is 0 Å². The molecule has 0 spiro atoms. The van der Waals surface area contributed by atoms with Crippen LogP contribution in [0.15, 0.2) is 59.4 Å². The Balaban J connectivity index is 1.43. The van der Waals surface area contributed by atoms with Gasteiger partial charge in [0.2, 0.25) is 0 Å². The van der Waals surface area contributed by atoms with Crippen molar-refractivity contribution < 1.29 is 9.53 Å². The second kappa shape index (κ2) is 8.71. The quantitative estimate of drug-likeness (QED) is 0.472. The smallest absolute Gasteiger partial charge is 0.277 e. The monoisotopic (exact) mass is 445 g/mol. The van der Waals surface area contributed by atoms with Gasteiger partial charge in [-0.25, -0.2) is 4.52 Å². The zero-order chi connectivity index (χ0) is 22.9. The molecule has 0 aliphatic carbocycles. The molecule has 0 saturated carbocycles. The number of aryl methyl sites for hydroxylation is 1. The van der Waals surface area contributed by atoms with E-state index in [0.29, 0.717) is 37.5 Å².